The van der Waals surface area contributed by atoms with Gasteiger partial charge in [0.15, 0.2) is 0 Å². The van der Waals surface area contributed by atoms with Crippen molar-refractivity contribution in [1.29, 1.82) is 0 Å². The van der Waals surface area contributed by atoms with Gasteiger partial charge in [0.25, 0.3) is 0 Å². The maximum absolute atomic E-state index is 2.69. The summed E-state index contributed by atoms with van der Waals surface area (Å²) in [5.74, 6) is 0. The fraction of sp³-hybridized carbons (Fsp3) is 1.00. The molecule has 2 fully saturated rings. The zero-order valence-corrected chi connectivity index (χ0v) is 11.0. The highest BCUT2D eigenvalue weighted by atomic mass is 15.2. The molecule has 0 aromatic heterocycles. The lowest BCUT2D eigenvalue weighted by Gasteiger charge is -2.33. The molecular formula is C14H29N. The van der Waals surface area contributed by atoms with Gasteiger partial charge in [-0.25, -0.2) is 0 Å². The van der Waals surface area contributed by atoms with Gasteiger partial charge in [0.1, 0.15) is 0 Å². The lowest BCUT2D eigenvalue weighted by molar-refractivity contribution is 0.186. The molecule has 0 aromatic carbocycles. The quantitative estimate of drug-likeness (QED) is 0.665. The lowest BCUT2D eigenvalue weighted by atomic mass is 9.73. The van der Waals surface area contributed by atoms with Crippen molar-refractivity contribution in [3.63, 3.8) is 0 Å². The summed E-state index contributed by atoms with van der Waals surface area (Å²) in [5.41, 5.74) is 0.771. The van der Waals surface area contributed by atoms with E-state index < -0.39 is 0 Å². The molecule has 0 unspecified atom stereocenters. The normalized spacial score (nSPS) is 25.0. The molecular weight excluding hydrogens is 182 g/mol. The number of rotatable bonds is 2. The highest BCUT2D eigenvalue weighted by Crippen LogP contribution is 2.43. The first-order chi connectivity index (χ1) is 7.35. The van der Waals surface area contributed by atoms with Gasteiger partial charge in [0.2, 0.25) is 0 Å². The summed E-state index contributed by atoms with van der Waals surface area (Å²) >= 11 is 0. The summed E-state index contributed by atoms with van der Waals surface area (Å²) in [5, 5.41) is 0. The molecule has 1 heterocycles. The molecule has 1 aliphatic heterocycles. The van der Waals surface area contributed by atoms with Crippen LogP contribution in [0.4, 0.5) is 0 Å². The van der Waals surface area contributed by atoms with Crippen LogP contribution in [0.2, 0.25) is 0 Å². The molecule has 0 N–H and O–H groups in total. The third-order valence-corrected chi connectivity index (χ3v) is 3.97. The Morgan fingerprint density at radius 3 is 2.27 bits per heavy atom. The average molecular weight is 211 g/mol. The van der Waals surface area contributed by atoms with Crippen LogP contribution in [0.1, 0.15) is 65.7 Å². The van der Waals surface area contributed by atoms with Gasteiger partial charge in [0, 0.05) is 6.54 Å². The first-order valence-corrected chi connectivity index (χ1v) is 7.07. The highest BCUT2D eigenvalue weighted by molar-refractivity contribution is 4.91. The third-order valence-electron chi connectivity index (χ3n) is 3.97. The highest BCUT2D eigenvalue weighted by Gasteiger charge is 2.37. The summed E-state index contributed by atoms with van der Waals surface area (Å²) in [6.07, 6.45) is 10.4. The van der Waals surface area contributed by atoms with Gasteiger partial charge in [-0.1, -0.05) is 40.0 Å². The van der Waals surface area contributed by atoms with Gasteiger partial charge in [-0.05, 0) is 44.2 Å². The van der Waals surface area contributed by atoms with Crippen molar-refractivity contribution in [2.45, 2.75) is 65.7 Å². The molecule has 0 atom stereocenters. The minimum atomic E-state index is 0.771. The fourth-order valence-electron chi connectivity index (χ4n) is 3.24. The van der Waals surface area contributed by atoms with Crippen LogP contribution in [0.25, 0.3) is 0 Å². The lowest BCUT2D eigenvalue weighted by Crippen LogP contribution is -2.29. The first kappa shape index (κ1) is 13.0. The Labute approximate surface area is 96.2 Å². The molecule has 1 aliphatic carbocycles. The second kappa shape index (κ2) is 6.52. The van der Waals surface area contributed by atoms with E-state index >= 15 is 0 Å². The molecule has 1 heteroatoms. The van der Waals surface area contributed by atoms with E-state index in [9.17, 15) is 0 Å². The summed E-state index contributed by atoms with van der Waals surface area (Å²) in [7, 11) is 0. The monoisotopic (exact) mass is 211 g/mol. The van der Waals surface area contributed by atoms with E-state index in [4.69, 9.17) is 0 Å². The summed E-state index contributed by atoms with van der Waals surface area (Å²) in [4.78, 5) is 2.69. The average Bonchev–Trinajstić information content (AvgIpc) is 2.66. The maximum atomic E-state index is 2.69. The molecule has 2 aliphatic rings. The minimum Gasteiger partial charge on any atom is -0.303 e. The Morgan fingerprint density at radius 1 is 1.00 bits per heavy atom. The zero-order chi connectivity index (χ0) is 11.1. The van der Waals surface area contributed by atoms with Crippen molar-refractivity contribution in [3.05, 3.63) is 0 Å². The molecule has 15 heavy (non-hydrogen) atoms. The van der Waals surface area contributed by atoms with Gasteiger partial charge in [0.05, 0.1) is 0 Å². The molecule has 1 saturated heterocycles. The molecule has 0 amide bonds. The van der Waals surface area contributed by atoms with E-state index in [1.807, 2.05) is 13.8 Å². The molecule has 0 bridgehead atoms. The number of nitrogens with zero attached hydrogens (tertiary/aromatic N) is 1. The standard InChI is InChI=1S/C12H23N.C2H6/c1-2-9-13-10-8-12(11-13)6-4-3-5-7-12;1-2/h2-11H2,1H3;1-2H3. The van der Waals surface area contributed by atoms with Crippen LogP contribution in [-0.4, -0.2) is 24.5 Å². The van der Waals surface area contributed by atoms with E-state index in [1.54, 1.807) is 0 Å². The van der Waals surface area contributed by atoms with Crippen molar-refractivity contribution < 1.29 is 0 Å². The second-order valence-corrected chi connectivity index (χ2v) is 5.09. The van der Waals surface area contributed by atoms with Crippen molar-refractivity contribution in [2.24, 2.45) is 5.41 Å². The van der Waals surface area contributed by atoms with Crippen LogP contribution >= 0.6 is 0 Å². The Balaban J connectivity index is 0.000000531. The van der Waals surface area contributed by atoms with E-state index in [2.05, 4.69) is 11.8 Å². The molecule has 0 aromatic rings. The van der Waals surface area contributed by atoms with Crippen LogP contribution in [0.5, 0.6) is 0 Å². The predicted octanol–water partition coefficient (Wildman–Crippen LogP) is 4.08. The second-order valence-electron chi connectivity index (χ2n) is 5.09. The van der Waals surface area contributed by atoms with E-state index in [0.717, 1.165) is 5.41 Å². The van der Waals surface area contributed by atoms with Gasteiger partial charge in [-0.15, -0.1) is 0 Å². The number of likely N-dealkylation sites (tertiary alicyclic amines) is 1. The summed E-state index contributed by atoms with van der Waals surface area (Å²) in [6.45, 7) is 10.4. The first-order valence-electron chi connectivity index (χ1n) is 7.07. The number of hydrogen-bond acceptors (Lipinski definition) is 1. The third kappa shape index (κ3) is 3.48. The zero-order valence-electron chi connectivity index (χ0n) is 11.0. The van der Waals surface area contributed by atoms with Crippen molar-refractivity contribution in [1.82, 2.24) is 4.90 Å². The maximum Gasteiger partial charge on any atom is 0.00384 e. The largest absolute Gasteiger partial charge is 0.303 e. The smallest absolute Gasteiger partial charge is 0.00384 e. The summed E-state index contributed by atoms with van der Waals surface area (Å²) < 4.78 is 0. The van der Waals surface area contributed by atoms with Gasteiger partial charge >= 0.3 is 0 Å². The Kier molecular flexibility index (Phi) is 5.66. The molecule has 90 valence electrons. The van der Waals surface area contributed by atoms with Crippen LogP contribution < -0.4 is 0 Å². The SMILES string of the molecule is CC.CCCN1CCC2(CCCCC2)C1. The Hall–Kier alpha value is -0.0400. The fourth-order valence-corrected chi connectivity index (χ4v) is 3.24. The Morgan fingerprint density at radius 2 is 1.67 bits per heavy atom. The Bertz CT molecular complexity index is 159. The van der Waals surface area contributed by atoms with Crippen LogP contribution in [0, 0.1) is 5.41 Å². The topological polar surface area (TPSA) is 3.24 Å². The van der Waals surface area contributed by atoms with E-state index in [1.165, 1.54) is 64.6 Å². The van der Waals surface area contributed by atoms with Gasteiger partial charge < -0.3 is 4.90 Å². The summed E-state index contributed by atoms with van der Waals surface area (Å²) in [6, 6.07) is 0. The van der Waals surface area contributed by atoms with Crippen LogP contribution in [0.15, 0.2) is 0 Å². The molecule has 1 nitrogen and oxygen atoms in total. The van der Waals surface area contributed by atoms with Crippen molar-refractivity contribution in [3.8, 4) is 0 Å². The molecule has 1 saturated carbocycles. The molecule has 2 rings (SSSR count). The van der Waals surface area contributed by atoms with Crippen molar-refractivity contribution >= 4 is 0 Å². The van der Waals surface area contributed by atoms with Gasteiger partial charge in [-0.3, -0.25) is 0 Å². The van der Waals surface area contributed by atoms with E-state index in [-0.39, 0.29) is 0 Å². The van der Waals surface area contributed by atoms with E-state index in [0.29, 0.717) is 0 Å². The predicted molar refractivity (Wildman–Crippen MR) is 68.2 cm³/mol. The van der Waals surface area contributed by atoms with Crippen LogP contribution in [0.3, 0.4) is 0 Å². The minimum absolute atomic E-state index is 0.771. The number of hydrogen-bond donors (Lipinski definition) is 0. The van der Waals surface area contributed by atoms with Crippen molar-refractivity contribution in [2.75, 3.05) is 19.6 Å². The molecule has 1 spiro atoms. The van der Waals surface area contributed by atoms with Crippen LogP contribution in [-0.2, 0) is 0 Å². The molecule has 0 radical (unpaired) electrons. The van der Waals surface area contributed by atoms with Gasteiger partial charge in [-0.2, -0.15) is 0 Å².